The molecule has 3 aromatic carbocycles. The average molecular weight is 547 g/mol. The Hall–Kier alpha value is -3.66. The van der Waals surface area contributed by atoms with Crippen LogP contribution in [0.25, 0.3) is 33.5 Å². The van der Waals surface area contributed by atoms with Gasteiger partial charge in [0.2, 0.25) is 12.7 Å². The summed E-state index contributed by atoms with van der Waals surface area (Å²) in [5.74, 6) is 1.28. The first-order valence-electron chi connectivity index (χ1n) is 15.0. The van der Waals surface area contributed by atoms with Crippen LogP contribution in [0.15, 0.2) is 42.5 Å². The molecule has 0 saturated carbocycles. The van der Waals surface area contributed by atoms with E-state index < -0.39 is 0 Å². The van der Waals surface area contributed by atoms with Crippen molar-refractivity contribution in [1.29, 1.82) is 0 Å². The quantitative estimate of drug-likeness (QED) is 0.152. The number of nitrogens with zero attached hydrogens (tertiary/aromatic N) is 4. The molecule has 0 spiro atoms. The van der Waals surface area contributed by atoms with E-state index in [1.54, 1.807) is 0 Å². The standard InChI is InChI=1S/C37H46N4/c1-22(2)29-17-33(23(3)4)37(34(18-29)24(5)6)30-15-31(40-20-38(11)27(9)28(40)10)19-32(16-30)41-21-39(12)35-13-25(7)26(8)14-36(35)41/h13-19,22-24H,1-12H3. The molecule has 0 fully saturated rings. The number of benzene rings is 3. The predicted octanol–water partition coefficient (Wildman–Crippen LogP) is 7.94. The van der Waals surface area contributed by atoms with Crippen molar-refractivity contribution in [2.75, 3.05) is 0 Å². The Morgan fingerprint density at radius 1 is 0.610 bits per heavy atom. The molecule has 4 nitrogen and oxygen atoms in total. The Labute approximate surface area is 246 Å². The lowest BCUT2D eigenvalue weighted by molar-refractivity contribution is -0.608. The normalized spacial score (nSPS) is 12.1. The van der Waals surface area contributed by atoms with Crippen molar-refractivity contribution in [2.24, 2.45) is 14.1 Å². The number of rotatable bonds is 6. The van der Waals surface area contributed by atoms with Crippen LogP contribution < -0.4 is 9.13 Å². The zero-order valence-electron chi connectivity index (χ0n) is 27.1. The third-order valence-electron chi connectivity index (χ3n) is 8.90. The number of hydrogen-bond donors (Lipinski definition) is 0. The maximum absolute atomic E-state index is 3.62. The molecule has 0 bridgehead atoms. The van der Waals surface area contributed by atoms with Gasteiger partial charge in [-0.3, -0.25) is 0 Å². The molecule has 2 heterocycles. The van der Waals surface area contributed by atoms with E-state index in [0.717, 1.165) is 16.9 Å². The average Bonchev–Trinajstić information content (AvgIpc) is 3.37. The molecule has 0 atom stereocenters. The lowest BCUT2D eigenvalue weighted by Gasteiger charge is -2.25. The molecule has 0 saturated heterocycles. The van der Waals surface area contributed by atoms with Gasteiger partial charge >= 0.3 is 0 Å². The maximum atomic E-state index is 3.62. The molecule has 5 aromatic rings. The molecule has 0 aliphatic carbocycles. The first kappa shape index (κ1) is 28.9. The number of hydrogen-bond acceptors (Lipinski definition) is 0. The predicted molar refractivity (Wildman–Crippen MR) is 169 cm³/mol. The molecule has 0 aliphatic heterocycles. The molecule has 0 amide bonds. The molecular weight excluding hydrogens is 500 g/mol. The van der Waals surface area contributed by atoms with Crippen LogP contribution in [0.1, 0.15) is 98.5 Å². The topological polar surface area (TPSA) is 17.6 Å². The van der Waals surface area contributed by atoms with Gasteiger partial charge in [-0.05, 0) is 73.3 Å². The minimum Gasteiger partial charge on any atom is -0.324 e. The lowest BCUT2D eigenvalue weighted by Crippen LogP contribution is -2.35. The van der Waals surface area contributed by atoms with Crippen LogP contribution in [-0.4, -0.2) is 9.13 Å². The second-order valence-corrected chi connectivity index (χ2v) is 12.9. The van der Waals surface area contributed by atoms with E-state index >= 15 is 0 Å². The third-order valence-corrected chi connectivity index (χ3v) is 8.90. The van der Waals surface area contributed by atoms with Gasteiger partial charge in [0.25, 0.3) is 0 Å². The van der Waals surface area contributed by atoms with Crippen molar-refractivity contribution >= 4 is 11.0 Å². The molecule has 0 unspecified atom stereocenters. The number of imidazole rings is 2. The maximum Gasteiger partial charge on any atom is 0.244 e. The number of fused-ring (bicyclic) bond motifs is 1. The Balaban J connectivity index is 1.89. The first-order chi connectivity index (χ1) is 19.3. The molecule has 214 valence electrons. The lowest BCUT2D eigenvalue weighted by atomic mass is 9.81. The third kappa shape index (κ3) is 5.03. The summed E-state index contributed by atoms with van der Waals surface area (Å²) in [5.41, 5.74) is 16.4. The van der Waals surface area contributed by atoms with Gasteiger partial charge in [-0.1, -0.05) is 95.1 Å². The molecule has 0 aliphatic rings. The summed E-state index contributed by atoms with van der Waals surface area (Å²) < 4.78 is 8.63. The Kier molecular flexibility index (Phi) is 7.48. The summed E-state index contributed by atoms with van der Waals surface area (Å²) in [4.78, 5) is 0. The van der Waals surface area contributed by atoms with Gasteiger partial charge in [-0.2, -0.15) is 0 Å². The SMILES string of the molecule is Cc1cc2c(cc1C)[n+](-c1cc(-c3c(C(C)C)cc(C(C)C)cc3C(C)C)cc(-[n+]3[c-]n(C)c(C)c3C)c1)[c-]n2C. The minimum atomic E-state index is 0.399. The summed E-state index contributed by atoms with van der Waals surface area (Å²) in [6, 6.07) is 16.5. The van der Waals surface area contributed by atoms with Crippen molar-refractivity contribution in [3.63, 3.8) is 0 Å². The van der Waals surface area contributed by atoms with Crippen LogP contribution in [0.2, 0.25) is 0 Å². The van der Waals surface area contributed by atoms with Crippen molar-refractivity contribution in [2.45, 2.75) is 87.0 Å². The highest BCUT2D eigenvalue weighted by atomic mass is 15.1. The van der Waals surface area contributed by atoms with Gasteiger partial charge < -0.3 is 18.3 Å². The van der Waals surface area contributed by atoms with E-state index in [1.807, 2.05) is 0 Å². The summed E-state index contributed by atoms with van der Waals surface area (Å²) in [7, 11) is 4.16. The second kappa shape index (κ2) is 10.6. The summed E-state index contributed by atoms with van der Waals surface area (Å²) in [6.45, 7) is 22.6. The van der Waals surface area contributed by atoms with Crippen LogP contribution in [0.3, 0.4) is 0 Å². The zero-order chi connectivity index (χ0) is 29.9. The Bertz CT molecular complexity index is 1750. The summed E-state index contributed by atoms with van der Waals surface area (Å²) in [6.07, 6.45) is 7.17. The molecule has 2 aromatic heterocycles. The van der Waals surface area contributed by atoms with Gasteiger partial charge in [0.1, 0.15) is 0 Å². The van der Waals surface area contributed by atoms with E-state index in [9.17, 15) is 0 Å². The minimum absolute atomic E-state index is 0.399. The van der Waals surface area contributed by atoms with Crippen molar-refractivity contribution < 1.29 is 9.13 Å². The van der Waals surface area contributed by atoms with Gasteiger partial charge in [-0.25, -0.2) is 0 Å². The fourth-order valence-corrected chi connectivity index (χ4v) is 5.93. The molecule has 41 heavy (non-hydrogen) atoms. The van der Waals surface area contributed by atoms with Crippen molar-refractivity contribution in [1.82, 2.24) is 9.13 Å². The van der Waals surface area contributed by atoms with Crippen LogP contribution >= 0.6 is 0 Å². The van der Waals surface area contributed by atoms with Gasteiger partial charge in [0.05, 0.1) is 25.1 Å². The van der Waals surface area contributed by atoms with Crippen molar-refractivity contribution in [3.05, 3.63) is 94.3 Å². The highest BCUT2D eigenvalue weighted by Gasteiger charge is 2.21. The van der Waals surface area contributed by atoms with E-state index in [0.29, 0.717) is 17.8 Å². The molecule has 0 radical (unpaired) electrons. The number of aromatic nitrogens is 4. The summed E-state index contributed by atoms with van der Waals surface area (Å²) >= 11 is 0. The molecular formula is C37H46N4. The molecule has 4 heteroatoms. The second-order valence-electron chi connectivity index (χ2n) is 12.9. The Morgan fingerprint density at radius 2 is 1.15 bits per heavy atom. The van der Waals surface area contributed by atoms with Crippen LogP contribution in [0.4, 0.5) is 0 Å². The fourth-order valence-electron chi connectivity index (χ4n) is 5.93. The van der Waals surface area contributed by atoms with E-state index in [-0.39, 0.29) is 0 Å². The highest BCUT2D eigenvalue weighted by molar-refractivity contribution is 5.77. The van der Waals surface area contributed by atoms with Crippen LogP contribution in [0, 0.1) is 40.3 Å². The smallest absolute Gasteiger partial charge is 0.244 e. The summed E-state index contributed by atoms with van der Waals surface area (Å²) in [5, 5.41) is 0. The van der Waals surface area contributed by atoms with Gasteiger partial charge in [0.15, 0.2) is 0 Å². The first-order valence-corrected chi connectivity index (χ1v) is 15.0. The van der Waals surface area contributed by atoms with Gasteiger partial charge in [-0.15, -0.1) is 0 Å². The molecule has 0 N–H and O–H groups in total. The monoisotopic (exact) mass is 546 g/mol. The molecule has 5 rings (SSSR count). The van der Waals surface area contributed by atoms with E-state index in [4.69, 9.17) is 0 Å². The fraction of sp³-hybridized carbons (Fsp3) is 0.405. The van der Waals surface area contributed by atoms with E-state index in [2.05, 4.69) is 157 Å². The Morgan fingerprint density at radius 3 is 1.66 bits per heavy atom. The van der Waals surface area contributed by atoms with E-state index in [1.165, 1.54) is 55.8 Å². The zero-order valence-corrected chi connectivity index (χ0v) is 27.1. The largest absolute Gasteiger partial charge is 0.324 e. The van der Waals surface area contributed by atoms with Gasteiger partial charge in [0, 0.05) is 22.8 Å². The number of aryl methyl sites for hydroxylation is 4. The van der Waals surface area contributed by atoms with Crippen LogP contribution in [0.5, 0.6) is 0 Å². The highest BCUT2D eigenvalue weighted by Crippen LogP contribution is 2.39. The van der Waals surface area contributed by atoms with Crippen molar-refractivity contribution in [3.8, 4) is 22.5 Å². The van der Waals surface area contributed by atoms with Crippen LogP contribution in [-0.2, 0) is 14.1 Å².